The van der Waals surface area contributed by atoms with Crippen LogP contribution in [0.4, 0.5) is 0 Å². The molecule has 0 saturated heterocycles. The molecule has 0 bridgehead atoms. The van der Waals surface area contributed by atoms with Gasteiger partial charge >= 0.3 is 0 Å². The van der Waals surface area contributed by atoms with Crippen LogP contribution in [0.25, 0.3) is 5.57 Å². The van der Waals surface area contributed by atoms with Crippen LogP contribution in [0.15, 0.2) is 59.9 Å². The molecule has 0 aliphatic heterocycles. The van der Waals surface area contributed by atoms with E-state index in [0.717, 1.165) is 49.2 Å². The predicted octanol–water partition coefficient (Wildman–Crippen LogP) is 6.08. The summed E-state index contributed by atoms with van der Waals surface area (Å²) >= 11 is 0. The molecule has 4 heteroatoms. The number of hydrogen-bond donors (Lipinski definition) is 1. The number of aromatic nitrogens is 1. The van der Waals surface area contributed by atoms with Crippen molar-refractivity contribution in [3.63, 3.8) is 0 Å². The first kappa shape index (κ1) is 21.8. The number of nitrogens with one attached hydrogen (secondary N) is 1. The third kappa shape index (κ3) is 4.71. The SMILES string of the molecule is CC1CCC2=C(C1)c1cc(C(=O)NC3CCC=C(C(=O)c4ccncc4)CC3)ccc1CC2. The molecule has 3 aliphatic carbocycles. The lowest BCUT2D eigenvalue weighted by Gasteiger charge is -2.30. The molecule has 0 radical (unpaired) electrons. The van der Waals surface area contributed by atoms with E-state index in [2.05, 4.69) is 29.4 Å². The van der Waals surface area contributed by atoms with Gasteiger partial charge in [-0.05, 0) is 110 Å². The number of carbonyl (C=O) groups is 2. The second kappa shape index (κ2) is 9.46. The number of Topliss-reactive ketones (excluding diaryl/α,β-unsaturated/α-hetero) is 1. The maximum Gasteiger partial charge on any atom is 0.251 e. The number of rotatable bonds is 4. The Morgan fingerprint density at radius 3 is 2.64 bits per heavy atom. The van der Waals surface area contributed by atoms with Gasteiger partial charge in [-0.2, -0.15) is 0 Å². The van der Waals surface area contributed by atoms with Crippen LogP contribution >= 0.6 is 0 Å². The third-order valence-electron chi connectivity index (χ3n) is 7.55. The Morgan fingerprint density at radius 1 is 0.939 bits per heavy atom. The number of carbonyl (C=O) groups excluding carboxylic acids is 2. The predicted molar refractivity (Wildman–Crippen MR) is 131 cm³/mol. The van der Waals surface area contributed by atoms with Crippen LogP contribution in [0.1, 0.15) is 90.1 Å². The van der Waals surface area contributed by atoms with E-state index in [-0.39, 0.29) is 17.7 Å². The number of nitrogens with zero attached hydrogens (tertiary/aromatic N) is 1. The van der Waals surface area contributed by atoms with E-state index >= 15 is 0 Å². The zero-order valence-electron chi connectivity index (χ0n) is 19.4. The molecule has 0 spiro atoms. The Morgan fingerprint density at radius 2 is 1.79 bits per heavy atom. The molecule has 1 aromatic heterocycles. The summed E-state index contributed by atoms with van der Waals surface area (Å²) < 4.78 is 0. The number of hydrogen-bond acceptors (Lipinski definition) is 3. The smallest absolute Gasteiger partial charge is 0.251 e. The Hall–Kier alpha value is -3.01. The number of amides is 1. The topological polar surface area (TPSA) is 59.1 Å². The molecule has 2 atom stereocenters. The first-order valence-electron chi connectivity index (χ1n) is 12.4. The molecule has 4 nitrogen and oxygen atoms in total. The van der Waals surface area contributed by atoms with Gasteiger partial charge in [0.2, 0.25) is 0 Å². The molecule has 0 saturated carbocycles. The van der Waals surface area contributed by atoms with Gasteiger partial charge < -0.3 is 5.32 Å². The zero-order chi connectivity index (χ0) is 22.8. The van der Waals surface area contributed by atoms with Crippen LogP contribution in [0.2, 0.25) is 0 Å². The van der Waals surface area contributed by atoms with E-state index in [9.17, 15) is 9.59 Å². The second-order valence-corrected chi connectivity index (χ2v) is 9.88. The number of fused-ring (bicyclic) bond motifs is 2. The van der Waals surface area contributed by atoms with Gasteiger partial charge in [0.05, 0.1) is 0 Å². The van der Waals surface area contributed by atoms with Crippen LogP contribution < -0.4 is 5.32 Å². The maximum atomic E-state index is 13.2. The third-order valence-corrected chi connectivity index (χ3v) is 7.55. The van der Waals surface area contributed by atoms with Gasteiger partial charge in [-0.25, -0.2) is 0 Å². The molecule has 1 N–H and O–H groups in total. The molecule has 2 unspecified atom stereocenters. The Bertz CT molecular complexity index is 1130. The van der Waals surface area contributed by atoms with Crippen LogP contribution in [-0.2, 0) is 6.42 Å². The summed E-state index contributed by atoms with van der Waals surface area (Å²) in [7, 11) is 0. The number of benzene rings is 1. The van der Waals surface area contributed by atoms with E-state index in [1.165, 1.54) is 36.0 Å². The minimum absolute atomic E-state index is 0.00305. The van der Waals surface area contributed by atoms with Crippen molar-refractivity contribution in [3.05, 3.63) is 82.2 Å². The van der Waals surface area contributed by atoms with E-state index in [1.807, 2.05) is 12.1 Å². The quantitative estimate of drug-likeness (QED) is 0.586. The molecule has 5 rings (SSSR count). The standard InChI is InChI=1S/C29H32N2O2/c1-19-5-6-20-7-8-21-9-10-24(18-27(21)26(20)17-19)29(33)31-25-4-2-3-22(11-12-25)28(32)23-13-15-30-16-14-23/h3,9-10,13-16,18-19,25H,2,4-8,11-12,17H2,1H3,(H,31,33). The van der Waals surface area contributed by atoms with Gasteiger partial charge in [-0.15, -0.1) is 0 Å². The monoisotopic (exact) mass is 440 g/mol. The van der Waals surface area contributed by atoms with Crippen molar-refractivity contribution >= 4 is 17.3 Å². The number of pyridine rings is 1. The number of allylic oxidation sites excluding steroid dienone is 4. The molecule has 0 fully saturated rings. The van der Waals surface area contributed by atoms with Crippen LogP contribution in [0.3, 0.4) is 0 Å². The van der Waals surface area contributed by atoms with Gasteiger partial charge in [0.25, 0.3) is 5.91 Å². The highest BCUT2D eigenvalue weighted by molar-refractivity contribution is 6.08. The summed E-state index contributed by atoms with van der Waals surface area (Å²) in [6, 6.07) is 9.88. The average molecular weight is 441 g/mol. The summed E-state index contributed by atoms with van der Waals surface area (Å²) in [5.74, 6) is 0.794. The minimum atomic E-state index is 0.00305. The normalized spacial score (nSPS) is 22.5. The first-order valence-corrected chi connectivity index (χ1v) is 12.4. The maximum absolute atomic E-state index is 13.2. The molecular weight excluding hydrogens is 408 g/mol. The largest absolute Gasteiger partial charge is 0.349 e. The summed E-state index contributed by atoms with van der Waals surface area (Å²) in [6.45, 7) is 2.34. The van der Waals surface area contributed by atoms with Crippen LogP contribution in [0.5, 0.6) is 0 Å². The van der Waals surface area contributed by atoms with E-state index in [1.54, 1.807) is 30.1 Å². The lowest BCUT2D eigenvalue weighted by atomic mass is 9.75. The lowest BCUT2D eigenvalue weighted by Crippen LogP contribution is -2.34. The number of ketones is 1. The van der Waals surface area contributed by atoms with Crippen molar-refractivity contribution in [2.45, 2.75) is 70.8 Å². The summed E-state index contributed by atoms with van der Waals surface area (Å²) in [5.41, 5.74) is 8.09. The highest BCUT2D eigenvalue weighted by atomic mass is 16.1. The Kier molecular flexibility index (Phi) is 6.26. The van der Waals surface area contributed by atoms with E-state index in [0.29, 0.717) is 12.0 Å². The average Bonchev–Trinajstić information content (AvgIpc) is 3.09. The lowest BCUT2D eigenvalue weighted by molar-refractivity contribution is 0.0933. The van der Waals surface area contributed by atoms with E-state index < -0.39 is 0 Å². The fraction of sp³-hybridized carbons (Fsp3) is 0.414. The molecule has 1 aromatic carbocycles. The Balaban J connectivity index is 1.25. The van der Waals surface area contributed by atoms with Crippen molar-refractivity contribution < 1.29 is 9.59 Å². The van der Waals surface area contributed by atoms with Crippen molar-refractivity contribution in [2.75, 3.05) is 0 Å². The van der Waals surface area contributed by atoms with Gasteiger partial charge in [-0.1, -0.05) is 24.6 Å². The Labute approximate surface area is 196 Å². The fourth-order valence-electron chi connectivity index (χ4n) is 5.59. The highest BCUT2D eigenvalue weighted by Crippen LogP contribution is 2.42. The second-order valence-electron chi connectivity index (χ2n) is 9.88. The summed E-state index contributed by atoms with van der Waals surface area (Å²) in [6.07, 6.45) is 14.4. The molecule has 1 heterocycles. The van der Waals surface area contributed by atoms with Gasteiger partial charge in [0.1, 0.15) is 0 Å². The number of aryl methyl sites for hydroxylation is 1. The fourth-order valence-corrected chi connectivity index (χ4v) is 5.59. The molecule has 1 amide bonds. The van der Waals surface area contributed by atoms with Crippen molar-refractivity contribution in [1.82, 2.24) is 10.3 Å². The summed E-state index contributed by atoms with van der Waals surface area (Å²) in [5, 5.41) is 3.25. The van der Waals surface area contributed by atoms with Crippen molar-refractivity contribution in [1.29, 1.82) is 0 Å². The molecular formula is C29H32N2O2. The van der Waals surface area contributed by atoms with E-state index in [4.69, 9.17) is 0 Å². The molecule has 3 aliphatic rings. The zero-order valence-corrected chi connectivity index (χ0v) is 19.4. The van der Waals surface area contributed by atoms with Gasteiger partial charge in [0, 0.05) is 29.6 Å². The summed E-state index contributed by atoms with van der Waals surface area (Å²) in [4.78, 5) is 29.9. The van der Waals surface area contributed by atoms with Crippen LogP contribution in [0, 0.1) is 5.92 Å². The molecule has 170 valence electrons. The van der Waals surface area contributed by atoms with Crippen LogP contribution in [-0.4, -0.2) is 22.7 Å². The molecule has 2 aromatic rings. The first-order chi connectivity index (χ1) is 16.1. The van der Waals surface area contributed by atoms with Gasteiger partial charge in [0.15, 0.2) is 5.78 Å². The minimum Gasteiger partial charge on any atom is -0.349 e. The van der Waals surface area contributed by atoms with Crippen molar-refractivity contribution in [2.24, 2.45) is 5.92 Å². The van der Waals surface area contributed by atoms with Gasteiger partial charge in [-0.3, -0.25) is 14.6 Å². The molecule has 33 heavy (non-hydrogen) atoms. The highest BCUT2D eigenvalue weighted by Gasteiger charge is 2.26. The van der Waals surface area contributed by atoms with Crippen molar-refractivity contribution in [3.8, 4) is 0 Å².